The van der Waals surface area contributed by atoms with Gasteiger partial charge in [-0.25, -0.2) is 9.67 Å². The molecule has 0 fully saturated rings. The Labute approximate surface area is 118 Å². The van der Waals surface area contributed by atoms with Gasteiger partial charge in [-0.2, -0.15) is 0 Å². The summed E-state index contributed by atoms with van der Waals surface area (Å²) in [6.07, 6.45) is 0. The van der Waals surface area contributed by atoms with E-state index in [4.69, 9.17) is 5.73 Å². The number of rotatable bonds is 1. The van der Waals surface area contributed by atoms with Crippen molar-refractivity contribution >= 4 is 38.3 Å². The largest absolute Gasteiger partial charge is 0.397 e. The maximum Gasteiger partial charge on any atom is 0.113 e. The fourth-order valence-electron chi connectivity index (χ4n) is 2.32. The van der Waals surface area contributed by atoms with Crippen LogP contribution in [-0.4, -0.2) is 20.0 Å². The second-order valence-electron chi connectivity index (χ2n) is 4.60. The summed E-state index contributed by atoms with van der Waals surface area (Å²) >= 11 is 1.64. The van der Waals surface area contributed by atoms with Crippen molar-refractivity contribution in [2.75, 3.05) is 5.73 Å². The Morgan fingerprint density at radius 3 is 2.90 bits per heavy atom. The van der Waals surface area contributed by atoms with E-state index in [2.05, 4.69) is 15.3 Å². The van der Waals surface area contributed by atoms with Crippen LogP contribution in [0.2, 0.25) is 0 Å². The van der Waals surface area contributed by atoms with Crippen LogP contribution in [0.1, 0.15) is 5.01 Å². The molecule has 98 valence electrons. The van der Waals surface area contributed by atoms with E-state index in [1.165, 1.54) is 0 Å². The minimum Gasteiger partial charge on any atom is -0.397 e. The third kappa shape index (κ3) is 1.58. The number of benzene rings is 2. The van der Waals surface area contributed by atoms with Crippen molar-refractivity contribution in [1.82, 2.24) is 20.0 Å². The van der Waals surface area contributed by atoms with Crippen molar-refractivity contribution in [3.8, 4) is 5.69 Å². The fraction of sp³-hybridized carbons (Fsp3) is 0.0714. The van der Waals surface area contributed by atoms with E-state index >= 15 is 0 Å². The van der Waals surface area contributed by atoms with Gasteiger partial charge in [-0.3, -0.25) is 0 Å². The Morgan fingerprint density at radius 2 is 2.00 bits per heavy atom. The summed E-state index contributed by atoms with van der Waals surface area (Å²) in [6.45, 7) is 1.99. The normalized spacial score (nSPS) is 11.4. The van der Waals surface area contributed by atoms with Crippen LogP contribution >= 0.6 is 11.3 Å². The standard InChI is InChI=1S/C14H11N5S/c1-8-16-11-7-13(9(15)6-14(11)20-8)19-12-5-3-2-4-10(12)17-18-19/h2-7H,15H2,1H3. The highest BCUT2D eigenvalue weighted by molar-refractivity contribution is 7.18. The summed E-state index contributed by atoms with van der Waals surface area (Å²) in [5.41, 5.74) is 10.4. The van der Waals surface area contributed by atoms with Crippen LogP contribution in [0.5, 0.6) is 0 Å². The monoisotopic (exact) mass is 281 g/mol. The molecule has 0 radical (unpaired) electrons. The first-order chi connectivity index (χ1) is 9.72. The molecule has 0 bridgehead atoms. The van der Waals surface area contributed by atoms with Gasteiger partial charge in [-0.1, -0.05) is 17.3 Å². The third-order valence-corrected chi connectivity index (χ3v) is 4.16. The summed E-state index contributed by atoms with van der Waals surface area (Å²) in [4.78, 5) is 4.51. The number of aryl methyl sites for hydroxylation is 1. The highest BCUT2D eigenvalue weighted by Gasteiger charge is 2.11. The first kappa shape index (κ1) is 11.4. The molecule has 2 heterocycles. The Balaban J connectivity index is 2.03. The minimum absolute atomic E-state index is 0.678. The predicted molar refractivity (Wildman–Crippen MR) is 81.2 cm³/mol. The van der Waals surface area contributed by atoms with Crippen LogP contribution in [0.25, 0.3) is 26.9 Å². The SMILES string of the molecule is Cc1nc2cc(-n3nnc4ccccc43)c(N)cc2s1. The van der Waals surface area contributed by atoms with Crippen LogP contribution < -0.4 is 5.73 Å². The lowest BCUT2D eigenvalue weighted by Gasteiger charge is -2.06. The number of hydrogen-bond donors (Lipinski definition) is 1. The number of aromatic nitrogens is 4. The Hall–Kier alpha value is -2.47. The molecule has 0 unspecified atom stereocenters. The molecule has 5 nitrogen and oxygen atoms in total. The van der Waals surface area contributed by atoms with Crippen molar-refractivity contribution in [3.63, 3.8) is 0 Å². The molecule has 4 rings (SSSR count). The maximum atomic E-state index is 6.17. The van der Waals surface area contributed by atoms with E-state index in [1.54, 1.807) is 16.0 Å². The van der Waals surface area contributed by atoms with Crippen LogP contribution in [0, 0.1) is 6.92 Å². The maximum absolute atomic E-state index is 6.17. The van der Waals surface area contributed by atoms with E-state index in [-0.39, 0.29) is 0 Å². The van der Waals surface area contributed by atoms with E-state index < -0.39 is 0 Å². The zero-order valence-electron chi connectivity index (χ0n) is 10.7. The molecule has 6 heteroatoms. The number of thiazole rings is 1. The summed E-state index contributed by atoms with van der Waals surface area (Å²) < 4.78 is 2.85. The molecular formula is C14H11N5S. The quantitative estimate of drug-likeness (QED) is 0.545. The molecule has 0 aliphatic carbocycles. The van der Waals surface area contributed by atoms with Crippen molar-refractivity contribution in [3.05, 3.63) is 41.4 Å². The van der Waals surface area contributed by atoms with Crippen molar-refractivity contribution in [1.29, 1.82) is 0 Å². The molecule has 2 aromatic carbocycles. The number of para-hydroxylation sites is 1. The van der Waals surface area contributed by atoms with Gasteiger partial charge in [0.1, 0.15) is 5.52 Å². The van der Waals surface area contributed by atoms with Gasteiger partial charge < -0.3 is 5.73 Å². The molecule has 2 N–H and O–H groups in total. The molecular weight excluding hydrogens is 270 g/mol. The van der Waals surface area contributed by atoms with Crippen LogP contribution in [0.4, 0.5) is 5.69 Å². The van der Waals surface area contributed by atoms with Gasteiger partial charge in [0.2, 0.25) is 0 Å². The molecule has 0 amide bonds. The molecule has 2 aromatic heterocycles. The lowest BCUT2D eigenvalue weighted by molar-refractivity contribution is 0.826. The molecule has 0 spiro atoms. The molecule has 20 heavy (non-hydrogen) atoms. The Kier molecular flexibility index (Phi) is 2.28. The zero-order chi connectivity index (χ0) is 13.7. The molecule has 0 aliphatic rings. The lowest BCUT2D eigenvalue weighted by Crippen LogP contribution is -2.01. The Morgan fingerprint density at radius 1 is 1.15 bits per heavy atom. The first-order valence-corrected chi connectivity index (χ1v) is 7.01. The molecule has 0 atom stereocenters. The van der Waals surface area contributed by atoms with Gasteiger partial charge in [0.05, 0.1) is 32.1 Å². The predicted octanol–water partition coefficient (Wildman–Crippen LogP) is 2.92. The molecule has 0 aliphatic heterocycles. The first-order valence-electron chi connectivity index (χ1n) is 6.20. The third-order valence-electron chi connectivity index (χ3n) is 3.22. The highest BCUT2D eigenvalue weighted by Crippen LogP contribution is 2.29. The number of hydrogen-bond acceptors (Lipinski definition) is 5. The fourth-order valence-corrected chi connectivity index (χ4v) is 3.18. The second-order valence-corrected chi connectivity index (χ2v) is 5.84. The van der Waals surface area contributed by atoms with E-state index in [1.807, 2.05) is 43.3 Å². The van der Waals surface area contributed by atoms with Gasteiger partial charge in [-0.05, 0) is 31.2 Å². The van der Waals surface area contributed by atoms with Crippen molar-refractivity contribution in [2.24, 2.45) is 0 Å². The van der Waals surface area contributed by atoms with Crippen LogP contribution in [0.15, 0.2) is 36.4 Å². The van der Waals surface area contributed by atoms with Gasteiger partial charge in [-0.15, -0.1) is 16.4 Å². The minimum atomic E-state index is 0.678. The summed E-state index contributed by atoms with van der Waals surface area (Å²) in [5, 5.41) is 9.39. The number of nitrogens with zero attached hydrogens (tertiary/aromatic N) is 4. The van der Waals surface area contributed by atoms with Crippen LogP contribution in [0.3, 0.4) is 0 Å². The van der Waals surface area contributed by atoms with E-state index in [0.717, 1.165) is 31.9 Å². The molecule has 0 saturated carbocycles. The molecule has 0 saturated heterocycles. The average molecular weight is 281 g/mol. The number of fused-ring (bicyclic) bond motifs is 2. The van der Waals surface area contributed by atoms with Gasteiger partial charge in [0.25, 0.3) is 0 Å². The van der Waals surface area contributed by atoms with Crippen molar-refractivity contribution in [2.45, 2.75) is 6.92 Å². The zero-order valence-corrected chi connectivity index (χ0v) is 11.6. The van der Waals surface area contributed by atoms with Gasteiger partial charge >= 0.3 is 0 Å². The lowest BCUT2D eigenvalue weighted by atomic mass is 10.2. The Bertz CT molecular complexity index is 937. The van der Waals surface area contributed by atoms with E-state index in [0.29, 0.717) is 5.69 Å². The number of nitrogen functional groups attached to an aromatic ring is 1. The van der Waals surface area contributed by atoms with Gasteiger partial charge in [0, 0.05) is 0 Å². The molecule has 4 aromatic rings. The number of anilines is 1. The van der Waals surface area contributed by atoms with Crippen molar-refractivity contribution < 1.29 is 0 Å². The highest BCUT2D eigenvalue weighted by atomic mass is 32.1. The second kappa shape index (κ2) is 4.01. The smallest absolute Gasteiger partial charge is 0.113 e. The number of nitrogens with two attached hydrogens (primary N) is 1. The van der Waals surface area contributed by atoms with E-state index in [9.17, 15) is 0 Å². The summed E-state index contributed by atoms with van der Waals surface area (Å²) in [7, 11) is 0. The summed E-state index contributed by atoms with van der Waals surface area (Å²) in [5.74, 6) is 0. The van der Waals surface area contributed by atoms with Crippen LogP contribution in [-0.2, 0) is 0 Å². The topological polar surface area (TPSA) is 69.6 Å². The average Bonchev–Trinajstić information content (AvgIpc) is 3.00. The summed E-state index contributed by atoms with van der Waals surface area (Å²) in [6, 6.07) is 11.7. The van der Waals surface area contributed by atoms with Gasteiger partial charge in [0.15, 0.2) is 0 Å².